The van der Waals surface area contributed by atoms with Crippen molar-refractivity contribution < 1.29 is 14.4 Å². The number of amides is 2. The van der Waals surface area contributed by atoms with Crippen LogP contribution in [0.4, 0.5) is 5.69 Å². The summed E-state index contributed by atoms with van der Waals surface area (Å²) in [6.45, 7) is 5.33. The molecule has 26 heavy (non-hydrogen) atoms. The van der Waals surface area contributed by atoms with Gasteiger partial charge in [0, 0.05) is 25.1 Å². The molecule has 1 spiro atoms. The van der Waals surface area contributed by atoms with Gasteiger partial charge in [-0.1, -0.05) is 19.0 Å². The van der Waals surface area contributed by atoms with Gasteiger partial charge in [0.2, 0.25) is 5.91 Å². The maximum atomic E-state index is 12.7. The molecule has 0 radical (unpaired) electrons. The number of nitrogens with zero attached hydrogens (tertiary/aromatic N) is 3. The Labute approximate surface area is 153 Å². The highest BCUT2D eigenvalue weighted by Gasteiger charge is 2.46. The Hall–Kier alpha value is -2.44. The second-order valence-corrected chi connectivity index (χ2v) is 7.06. The van der Waals surface area contributed by atoms with Crippen LogP contribution < -0.4 is 5.32 Å². The molecule has 3 heterocycles. The summed E-state index contributed by atoms with van der Waals surface area (Å²) < 4.78 is 0. The van der Waals surface area contributed by atoms with Crippen LogP contribution in [0.1, 0.15) is 46.0 Å². The predicted molar refractivity (Wildman–Crippen MR) is 98.6 cm³/mol. The van der Waals surface area contributed by atoms with Crippen molar-refractivity contribution in [2.45, 2.75) is 51.6 Å². The van der Waals surface area contributed by atoms with Crippen molar-refractivity contribution in [3.8, 4) is 0 Å². The van der Waals surface area contributed by atoms with Crippen molar-refractivity contribution in [3.05, 3.63) is 24.5 Å². The summed E-state index contributed by atoms with van der Waals surface area (Å²) in [6.07, 6.45) is 7.00. The number of likely N-dealkylation sites (tertiary alicyclic amines) is 1. The Kier molecular flexibility index (Phi) is 5.54. The fraction of sp³-hybridized carbons (Fsp3) is 0.579. The number of piperidine rings is 1. The number of anilines is 1. The molecule has 1 atom stereocenters. The molecule has 1 aromatic rings. The fourth-order valence-electron chi connectivity index (χ4n) is 3.68. The van der Waals surface area contributed by atoms with Crippen LogP contribution in [0, 0.1) is 5.92 Å². The lowest BCUT2D eigenvalue weighted by Gasteiger charge is -2.39. The van der Waals surface area contributed by atoms with Gasteiger partial charge in [-0.25, -0.2) is 0 Å². The first-order valence-electron chi connectivity index (χ1n) is 9.32. The molecule has 0 saturated carbocycles. The molecule has 2 aliphatic rings. The van der Waals surface area contributed by atoms with Crippen molar-refractivity contribution in [2.24, 2.45) is 11.1 Å². The van der Waals surface area contributed by atoms with E-state index in [1.54, 1.807) is 24.5 Å². The Morgan fingerprint density at radius 1 is 1.38 bits per heavy atom. The first-order chi connectivity index (χ1) is 12.6. The van der Waals surface area contributed by atoms with E-state index in [4.69, 9.17) is 4.84 Å². The second kappa shape index (κ2) is 7.85. The molecule has 2 amide bonds. The molecule has 1 fully saturated rings. The third kappa shape index (κ3) is 3.86. The number of carbonyl (C=O) groups is 2. The average Bonchev–Trinajstić information content (AvgIpc) is 3.07. The molecule has 1 N–H and O–H groups in total. The Morgan fingerprint density at radius 2 is 2.19 bits per heavy atom. The van der Waals surface area contributed by atoms with Crippen LogP contribution in [0.2, 0.25) is 0 Å². The molecular formula is C19H26N4O3. The molecule has 1 saturated heterocycles. The number of nitrogens with one attached hydrogen (secondary N) is 1. The van der Waals surface area contributed by atoms with Crippen molar-refractivity contribution >= 4 is 23.2 Å². The predicted octanol–water partition coefficient (Wildman–Crippen LogP) is 2.59. The zero-order valence-corrected chi connectivity index (χ0v) is 15.4. The Balaban J connectivity index is 1.62. The highest BCUT2D eigenvalue weighted by atomic mass is 16.7. The number of rotatable bonds is 5. The highest BCUT2D eigenvalue weighted by molar-refractivity contribution is 6.43. The molecule has 0 bridgehead atoms. The first-order valence-corrected chi connectivity index (χ1v) is 9.32. The topological polar surface area (TPSA) is 83.9 Å². The van der Waals surface area contributed by atoms with Gasteiger partial charge < -0.3 is 15.1 Å². The number of pyridine rings is 1. The SMILES string of the molecule is CCC(CC)C(=O)N1CCC[C@]2(CC(C(=O)Nc3cccnc3)=NO2)C1. The van der Waals surface area contributed by atoms with Crippen molar-refractivity contribution in [1.29, 1.82) is 0 Å². The van der Waals surface area contributed by atoms with Gasteiger partial charge in [-0.15, -0.1) is 0 Å². The van der Waals surface area contributed by atoms with Crippen LogP contribution in [0.3, 0.4) is 0 Å². The smallest absolute Gasteiger partial charge is 0.273 e. The molecule has 7 nitrogen and oxygen atoms in total. The summed E-state index contributed by atoms with van der Waals surface area (Å²) >= 11 is 0. The van der Waals surface area contributed by atoms with E-state index in [9.17, 15) is 9.59 Å². The highest BCUT2D eigenvalue weighted by Crippen LogP contribution is 2.34. The van der Waals surface area contributed by atoms with Gasteiger partial charge in [-0.05, 0) is 37.8 Å². The molecular weight excluding hydrogens is 332 g/mol. The van der Waals surface area contributed by atoms with Crippen molar-refractivity contribution in [3.63, 3.8) is 0 Å². The van der Waals surface area contributed by atoms with Gasteiger partial charge in [0.1, 0.15) is 5.71 Å². The van der Waals surface area contributed by atoms with Gasteiger partial charge in [-0.3, -0.25) is 14.6 Å². The van der Waals surface area contributed by atoms with Crippen molar-refractivity contribution in [2.75, 3.05) is 18.4 Å². The van der Waals surface area contributed by atoms with Crippen LogP contribution in [0.5, 0.6) is 0 Å². The van der Waals surface area contributed by atoms with E-state index in [1.807, 2.05) is 18.7 Å². The van der Waals surface area contributed by atoms with Crippen LogP contribution in [0.15, 0.2) is 29.7 Å². The minimum atomic E-state index is -0.568. The number of hydrogen-bond acceptors (Lipinski definition) is 5. The second-order valence-electron chi connectivity index (χ2n) is 7.06. The van der Waals surface area contributed by atoms with Gasteiger partial charge in [0.05, 0.1) is 18.4 Å². The number of oxime groups is 1. The van der Waals surface area contributed by atoms with E-state index >= 15 is 0 Å². The Bertz CT molecular complexity index is 687. The monoisotopic (exact) mass is 358 g/mol. The van der Waals surface area contributed by atoms with Gasteiger partial charge >= 0.3 is 0 Å². The summed E-state index contributed by atoms with van der Waals surface area (Å²) in [5.74, 6) is -0.0370. The van der Waals surface area contributed by atoms with E-state index in [0.717, 1.165) is 32.2 Å². The maximum absolute atomic E-state index is 12.7. The lowest BCUT2D eigenvalue weighted by molar-refractivity contribution is -0.145. The zero-order valence-electron chi connectivity index (χ0n) is 15.4. The van der Waals surface area contributed by atoms with Crippen LogP contribution in [-0.4, -0.2) is 46.1 Å². The molecule has 3 rings (SSSR count). The van der Waals surface area contributed by atoms with Gasteiger partial charge in [0.15, 0.2) is 5.60 Å². The molecule has 0 aromatic carbocycles. The lowest BCUT2D eigenvalue weighted by atomic mass is 9.87. The number of carbonyl (C=O) groups excluding carboxylic acids is 2. The van der Waals surface area contributed by atoms with E-state index in [2.05, 4.69) is 15.5 Å². The van der Waals surface area contributed by atoms with Gasteiger partial charge in [0.25, 0.3) is 5.91 Å². The standard InChI is InChI=1S/C19H26N4O3/c1-3-14(4-2)18(25)23-10-6-8-19(13-23)11-16(22-26-19)17(24)21-15-7-5-9-20-12-15/h5,7,9,12,14H,3-4,6,8,10-11,13H2,1-2H3,(H,21,24)/t19-/m0/s1. The summed E-state index contributed by atoms with van der Waals surface area (Å²) in [6, 6.07) is 3.53. The zero-order chi connectivity index (χ0) is 18.6. The van der Waals surface area contributed by atoms with Crippen LogP contribution in [0.25, 0.3) is 0 Å². The average molecular weight is 358 g/mol. The molecule has 0 aliphatic carbocycles. The van der Waals surface area contributed by atoms with Crippen LogP contribution >= 0.6 is 0 Å². The third-order valence-electron chi connectivity index (χ3n) is 5.21. The molecule has 2 aliphatic heterocycles. The normalized spacial score (nSPS) is 22.3. The first kappa shape index (κ1) is 18.4. The summed E-state index contributed by atoms with van der Waals surface area (Å²) in [4.78, 5) is 36.7. The molecule has 7 heteroatoms. The molecule has 0 unspecified atom stereocenters. The summed E-state index contributed by atoms with van der Waals surface area (Å²) in [5.41, 5.74) is 0.419. The van der Waals surface area contributed by atoms with E-state index in [-0.39, 0.29) is 17.7 Å². The lowest BCUT2D eigenvalue weighted by Crippen LogP contribution is -2.52. The van der Waals surface area contributed by atoms with Crippen molar-refractivity contribution in [1.82, 2.24) is 9.88 Å². The third-order valence-corrected chi connectivity index (χ3v) is 5.21. The summed E-state index contributed by atoms with van der Waals surface area (Å²) in [5, 5.41) is 6.82. The summed E-state index contributed by atoms with van der Waals surface area (Å²) in [7, 11) is 0. The molecule has 140 valence electrons. The van der Waals surface area contributed by atoms with Crippen LogP contribution in [-0.2, 0) is 14.4 Å². The minimum absolute atomic E-state index is 0.0563. The van der Waals surface area contributed by atoms with E-state index in [1.165, 1.54) is 0 Å². The minimum Gasteiger partial charge on any atom is -0.386 e. The maximum Gasteiger partial charge on any atom is 0.273 e. The molecule has 1 aromatic heterocycles. The fourth-order valence-corrected chi connectivity index (χ4v) is 3.68. The quantitative estimate of drug-likeness (QED) is 0.877. The van der Waals surface area contributed by atoms with Gasteiger partial charge in [-0.2, -0.15) is 0 Å². The largest absolute Gasteiger partial charge is 0.386 e. The van der Waals surface area contributed by atoms with E-state index in [0.29, 0.717) is 24.4 Å². The number of aromatic nitrogens is 1. The van der Waals surface area contributed by atoms with E-state index < -0.39 is 5.60 Å². The Morgan fingerprint density at radius 3 is 2.88 bits per heavy atom. The number of hydrogen-bond donors (Lipinski definition) is 1.